The second-order valence-electron chi connectivity index (χ2n) is 6.08. The average molecular weight is 284 g/mol. The van der Waals surface area contributed by atoms with Crippen LogP contribution in [0.2, 0.25) is 0 Å². The zero-order valence-electron chi connectivity index (χ0n) is 13.9. The molecule has 0 aromatic heterocycles. The van der Waals surface area contributed by atoms with E-state index in [1.807, 2.05) is 6.08 Å². The molecule has 0 aromatic rings. The molecule has 0 bridgehead atoms. The second-order valence-corrected chi connectivity index (χ2v) is 6.08. The highest BCUT2D eigenvalue weighted by Crippen LogP contribution is 2.29. The molecule has 1 unspecified atom stereocenters. The summed E-state index contributed by atoms with van der Waals surface area (Å²) in [5.74, 6) is 0.918. The van der Waals surface area contributed by atoms with Gasteiger partial charge in [0.25, 0.3) is 0 Å². The third kappa shape index (κ3) is 9.35. The minimum Gasteiger partial charge on any atom is -0.133 e. The van der Waals surface area contributed by atoms with Crippen molar-refractivity contribution in [1.29, 1.82) is 0 Å². The van der Waals surface area contributed by atoms with Gasteiger partial charge in [-0.3, -0.25) is 0 Å². The van der Waals surface area contributed by atoms with E-state index >= 15 is 0 Å². The summed E-state index contributed by atoms with van der Waals surface area (Å²) in [5, 5.41) is 0. The van der Waals surface area contributed by atoms with E-state index in [9.17, 15) is 0 Å². The van der Waals surface area contributed by atoms with E-state index in [0.29, 0.717) is 0 Å². The first-order valence-corrected chi connectivity index (χ1v) is 8.79. The van der Waals surface area contributed by atoms with Gasteiger partial charge in [-0.05, 0) is 81.4 Å². The molecule has 116 valence electrons. The molecule has 1 saturated carbocycles. The lowest BCUT2D eigenvalue weighted by Crippen LogP contribution is -2.06. The van der Waals surface area contributed by atoms with Gasteiger partial charge in [0.2, 0.25) is 0 Å². The quantitative estimate of drug-likeness (QED) is 0.245. The van der Waals surface area contributed by atoms with Crippen molar-refractivity contribution in [2.75, 3.05) is 0 Å². The van der Waals surface area contributed by atoms with Gasteiger partial charge >= 0.3 is 0 Å². The van der Waals surface area contributed by atoms with Crippen molar-refractivity contribution in [3.05, 3.63) is 47.9 Å². The molecule has 0 heterocycles. The average Bonchev–Trinajstić information content (AvgIpc) is 2.53. The van der Waals surface area contributed by atoms with Gasteiger partial charge in [0.15, 0.2) is 0 Å². The molecule has 0 aliphatic heterocycles. The van der Waals surface area contributed by atoms with Crippen LogP contribution in [-0.4, -0.2) is 0 Å². The molecule has 1 rings (SSSR count). The highest BCUT2D eigenvalue weighted by molar-refractivity contribution is 5.06. The van der Waals surface area contributed by atoms with Crippen LogP contribution in [0.1, 0.15) is 77.6 Å². The maximum atomic E-state index is 3.58. The molecule has 21 heavy (non-hydrogen) atoms. The maximum absolute atomic E-state index is 3.58. The van der Waals surface area contributed by atoms with Crippen molar-refractivity contribution < 1.29 is 0 Å². The van der Waals surface area contributed by atoms with Gasteiger partial charge in [-0.25, -0.2) is 0 Å². The van der Waals surface area contributed by atoms with Crippen LogP contribution in [0.25, 0.3) is 0 Å². The van der Waals surface area contributed by atoms with Crippen LogP contribution in [-0.2, 0) is 0 Å². The van der Waals surface area contributed by atoms with E-state index in [0.717, 1.165) is 18.8 Å². The summed E-state index contributed by atoms with van der Waals surface area (Å²) in [6.45, 7) is 5.89. The smallest absolute Gasteiger partial charge is 0.00929 e. The lowest BCUT2D eigenvalue weighted by Gasteiger charge is -2.21. The van der Waals surface area contributed by atoms with E-state index in [2.05, 4.69) is 43.2 Å². The summed E-state index contributed by atoms with van der Waals surface area (Å²) in [6, 6.07) is 0. The first-order valence-electron chi connectivity index (χ1n) is 8.79. The van der Waals surface area contributed by atoms with Crippen molar-refractivity contribution in [2.24, 2.45) is 5.92 Å². The normalized spacial score (nSPS) is 18.3. The highest BCUT2D eigenvalue weighted by atomic mass is 14.2. The zero-order chi connectivity index (χ0) is 15.2. The van der Waals surface area contributed by atoms with Gasteiger partial charge in [-0.1, -0.05) is 38.5 Å². The molecule has 0 heteroatoms. The van der Waals surface area contributed by atoms with Gasteiger partial charge in [-0.2, -0.15) is 0 Å². The number of hydrogen-bond donors (Lipinski definition) is 0. The van der Waals surface area contributed by atoms with Gasteiger partial charge in [-0.15, -0.1) is 11.5 Å². The summed E-state index contributed by atoms with van der Waals surface area (Å²) in [6.07, 6.45) is 22.8. The Bertz CT molecular complexity index is 398. The number of unbranched alkanes of at least 4 members (excludes halogenated alkanes) is 4. The van der Waals surface area contributed by atoms with Crippen molar-refractivity contribution >= 4 is 0 Å². The lowest BCUT2D eigenvalue weighted by atomic mass is 9.84. The Balaban J connectivity index is 2.10. The summed E-state index contributed by atoms with van der Waals surface area (Å²) in [4.78, 5) is 0. The minimum absolute atomic E-state index is 0.918. The molecule has 0 aromatic carbocycles. The lowest BCUT2D eigenvalue weighted by molar-refractivity contribution is 0.407. The summed E-state index contributed by atoms with van der Waals surface area (Å²) >= 11 is 0. The monoisotopic (exact) mass is 284 g/mol. The summed E-state index contributed by atoms with van der Waals surface area (Å²) in [5.41, 5.74) is 7.91. The van der Waals surface area contributed by atoms with Gasteiger partial charge in [0.1, 0.15) is 0 Å². The summed E-state index contributed by atoms with van der Waals surface area (Å²) in [7, 11) is 0. The Kier molecular flexibility index (Phi) is 10.6. The molecule has 0 spiro atoms. The second kappa shape index (κ2) is 12.5. The molecule has 0 radical (unpaired) electrons. The predicted octanol–water partition coefficient (Wildman–Crippen LogP) is 6.91. The predicted molar refractivity (Wildman–Crippen MR) is 94.4 cm³/mol. The van der Waals surface area contributed by atoms with E-state index in [-0.39, 0.29) is 0 Å². The number of hydrogen-bond acceptors (Lipinski definition) is 0. The summed E-state index contributed by atoms with van der Waals surface area (Å²) < 4.78 is 0. The maximum Gasteiger partial charge on any atom is -0.00929 e. The van der Waals surface area contributed by atoms with Crippen molar-refractivity contribution in [1.82, 2.24) is 0 Å². The zero-order valence-corrected chi connectivity index (χ0v) is 13.9. The molecule has 1 atom stereocenters. The topological polar surface area (TPSA) is 0 Å². The Hall–Kier alpha value is -1.22. The van der Waals surface area contributed by atoms with Gasteiger partial charge in [0, 0.05) is 0 Å². The van der Waals surface area contributed by atoms with Crippen LogP contribution in [0.15, 0.2) is 47.9 Å². The first-order chi connectivity index (χ1) is 10.4. The fourth-order valence-corrected chi connectivity index (χ4v) is 2.91. The fraction of sp³-hybridized carbons (Fsp3) is 0.619. The van der Waals surface area contributed by atoms with Gasteiger partial charge < -0.3 is 0 Å². The molecule has 0 nitrogen and oxygen atoms in total. The Morgan fingerprint density at radius 3 is 2.81 bits per heavy atom. The van der Waals surface area contributed by atoms with Crippen LogP contribution in [0.5, 0.6) is 0 Å². The molecule has 1 aliphatic rings. The van der Waals surface area contributed by atoms with E-state index < -0.39 is 0 Å². The molecule has 0 N–H and O–H groups in total. The van der Waals surface area contributed by atoms with Crippen LogP contribution in [0.4, 0.5) is 0 Å². The Labute approximate surface area is 132 Å². The van der Waals surface area contributed by atoms with Crippen molar-refractivity contribution in [3.63, 3.8) is 0 Å². The molecular formula is C21H32. The molecule has 0 amide bonds. The fourth-order valence-electron chi connectivity index (χ4n) is 2.91. The van der Waals surface area contributed by atoms with Crippen molar-refractivity contribution in [2.45, 2.75) is 77.6 Å². The van der Waals surface area contributed by atoms with E-state index in [4.69, 9.17) is 0 Å². The van der Waals surface area contributed by atoms with E-state index in [1.165, 1.54) is 57.8 Å². The Morgan fingerprint density at radius 1 is 1.14 bits per heavy atom. The van der Waals surface area contributed by atoms with Gasteiger partial charge in [0.05, 0.1) is 0 Å². The van der Waals surface area contributed by atoms with Crippen LogP contribution in [0, 0.1) is 5.92 Å². The third-order valence-electron chi connectivity index (χ3n) is 4.29. The van der Waals surface area contributed by atoms with Crippen LogP contribution >= 0.6 is 0 Å². The first kappa shape index (κ1) is 17.8. The SMILES string of the molecule is C=C=CCCCCC/C=C\CC=C=C1CCCC(CC)C1. The van der Waals surface area contributed by atoms with Crippen LogP contribution < -0.4 is 0 Å². The minimum atomic E-state index is 0.918. The molecule has 1 aliphatic carbocycles. The molecule has 0 saturated heterocycles. The highest BCUT2D eigenvalue weighted by Gasteiger charge is 2.14. The Morgan fingerprint density at radius 2 is 2.00 bits per heavy atom. The third-order valence-corrected chi connectivity index (χ3v) is 4.29. The standard InChI is InChI=1S/C21H32/c1-3-5-6-7-8-9-10-11-12-13-14-16-21-18-15-17-20(4-2)19-21/h5,11-12,14,20H,1,4,6-10,13,15,17-19H2,2H3/b12-11-. The number of rotatable bonds is 9. The largest absolute Gasteiger partial charge is 0.133 e. The van der Waals surface area contributed by atoms with Crippen molar-refractivity contribution in [3.8, 4) is 0 Å². The number of allylic oxidation sites excluding steroid dienone is 4. The van der Waals surface area contributed by atoms with E-state index in [1.54, 1.807) is 5.57 Å². The molecular weight excluding hydrogens is 252 g/mol. The molecule has 1 fully saturated rings. The van der Waals surface area contributed by atoms with Crippen LogP contribution in [0.3, 0.4) is 0 Å².